The molecule has 2 nitrogen and oxygen atoms in total. The third kappa shape index (κ3) is 1.21. The van der Waals surface area contributed by atoms with Crippen LogP contribution >= 0.6 is 0 Å². The predicted molar refractivity (Wildman–Crippen MR) is 41.5 cm³/mol. The van der Waals surface area contributed by atoms with Gasteiger partial charge in [-0.2, -0.15) is 0 Å². The number of pyridine rings is 1. The fourth-order valence-corrected chi connectivity index (χ4v) is 0.887. The van der Waals surface area contributed by atoms with E-state index in [0.717, 1.165) is 12.0 Å². The van der Waals surface area contributed by atoms with E-state index in [4.69, 9.17) is 5.41 Å². The van der Waals surface area contributed by atoms with Crippen molar-refractivity contribution < 1.29 is 0 Å². The molecule has 1 heterocycles. The Hall–Kier alpha value is -1.18. The van der Waals surface area contributed by atoms with Crippen LogP contribution in [0.5, 0.6) is 0 Å². The quantitative estimate of drug-likeness (QED) is 0.613. The molecule has 1 N–H and O–H groups in total. The molecule has 0 fully saturated rings. The lowest BCUT2D eigenvalue weighted by Gasteiger charge is -1.98. The largest absolute Gasteiger partial charge is 0.308 e. The van der Waals surface area contributed by atoms with E-state index < -0.39 is 0 Å². The fourth-order valence-electron chi connectivity index (χ4n) is 0.887. The van der Waals surface area contributed by atoms with Crippen molar-refractivity contribution in [2.45, 2.75) is 13.3 Å². The molecule has 1 rings (SSSR count). The first-order valence-electron chi connectivity index (χ1n) is 3.32. The minimum absolute atomic E-state index is 0.921. The minimum Gasteiger partial charge on any atom is -0.308 e. The molecule has 0 radical (unpaired) electrons. The SMILES string of the molecule is CCc1ccncc1C=N. The molecule has 0 saturated heterocycles. The van der Waals surface area contributed by atoms with Crippen LogP contribution in [0.4, 0.5) is 0 Å². The average molecular weight is 134 g/mol. The second kappa shape index (κ2) is 3.11. The van der Waals surface area contributed by atoms with Crippen molar-refractivity contribution in [2.75, 3.05) is 0 Å². The summed E-state index contributed by atoms with van der Waals surface area (Å²) in [4.78, 5) is 3.91. The van der Waals surface area contributed by atoms with Crippen LogP contribution < -0.4 is 0 Å². The molecule has 1 aromatic rings. The van der Waals surface area contributed by atoms with Gasteiger partial charge >= 0.3 is 0 Å². The summed E-state index contributed by atoms with van der Waals surface area (Å²) in [7, 11) is 0. The van der Waals surface area contributed by atoms with Crippen LogP contribution in [-0.2, 0) is 6.42 Å². The predicted octanol–water partition coefficient (Wildman–Crippen LogP) is 1.64. The number of nitrogens with zero attached hydrogens (tertiary/aromatic N) is 1. The normalized spacial score (nSPS) is 9.30. The molecule has 0 aromatic carbocycles. The van der Waals surface area contributed by atoms with E-state index >= 15 is 0 Å². The summed E-state index contributed by atoms with van der Waals surface area (Å²) < 4.78 is 0. The Morgan fingerprint density at radius 2 is 2.50 bits per heavy atom. The third-order valence-electron chi connectivity index (χ3n) is 1.48. The van der Waals surface area contributed by atoms with Crippen LogP contribution in [0.25, 0.3) is 0 Å². The summed E-state index contributed by atoms with van der Waals surface area (Å²) in [6, 6.07) is 1.94. The Morgan fingerprint density at radius 1 is 1.70 bits per heavy atom. The van der Waals surface area contributed by atoms with Crippen molar-refractivity contribution >= 4 is 6.21 Å². The van der Waals surface area contributed by atoms with Crippen LogP contribution in [0.15, 0.2) is 18.5 Å². The summed E-state index contributed by atoms with van der Waals surface area (Å²) in [6.45, 7) is 2.07. The second-order valence-electron chi connectivity index (χ2n) is 2.07. The molecule has 0 unspecified atom stereocenters. The van der Waals surface area contributed by atoms with Gasteiger partial charge in [0.2, 0.25) is 0 Å². The van der Waals surface area contributed by atoms with E-state index in [1.165, 1.54) is 11.8 Å². The minimum atomic E-state index is 0.921. The standard InChI is InChI=1S/C8H10N2/c1-2-7-3-4-10-6-8(7)5-9/h3-6,9H,2H2,1H3. The molecule has 0 bridgehead atoms. The Morgan fingerprint density at radius 3 is 3.00 bits per heavy atom. The highest BCUT2D eigenvalue weighted by molar-refractivity contribution is 5.78. The smallest absolute Gasteiger partial charge is 0.0358 e. The van der Waals surface area contributed by atoms with E-state index in [2.05, 4.69) is 11.9 Å². The van der Waals surface area contributed by atoms with Gasteiger partial charge in [0.1, 0.15) is 0 Å². The van der Waals surface area contributed by atoms with Gasteiger partial charge in [0.05, 0.1) is 0 Å². The van der Waals surface area contributed by atoms with Gasteiger partial charge in [-0.1, -0.05) is 6.92 Å². The van der Waals surface area contributed by atoms with Gasteiger partial charge in [-0.05, 0) is 18.1 Å². The highest BCUT2D eigenvalue weighted by Crippen LogP contribution is 2.03. The third-order valence-corrected chi connectivity index (χ3v) is 1.48. The number of nitrogens with one attached hydrogen (secondary N) is 1. The van der Waals surface area contributed by atoms with Crippen LogP contribution in [0.3, 0.4) is 0 Å². The molecule has 52 valence electrons. The molecule has 0 aliphatic carbocycles. The van der Waals surface area contributed by atoms with E-state index in [1.807, 2.05) is 6.07 Å². The highest BCUT2D eigenvalue weighted by Gasteiger charge is 1.93. The first kappa shape index (κ1) is 6.93. The van der Waals surface area contributed by atoms with Crippen molar-refractivity contribution in [1.29, 1.82) is 5.41 Å². The molecule has 10 heavy (non-hydrogen) atoms. The molecule has 0 spiro atoms. The first-order valence-corrected chi connectivity index (χ1v) is 3.32. The Kier molecular flexibility index (Phi) is 2.15. The Bertz CT molecular complexity index is 230. The van der Waals surface area contributed by atoms with Crippen LogP contribution in [0, 0.1) is 5.41 Å². The van der Waals surface area contributed by atoms with E-state index in [-0.39, 0.29) is 0 Å². The van der Waals surface area contributed by atoms with Crippen LogP contribution in [0.2, 0.25) is 0 Å². The van der Waals surface area contributed by atoms with Crippen LogP contribution in [-0.4, -0.2) is 11.2 Å². The number of hydrogen-bond acceptors (Lipinski definition) is 2. The van der Waals surface area contributed by atoms with Gasteiger partial charge in [-0.25, -0.2) is 0 Å². The molecule has 1 aromatic heterocycles. The maximum absolute atomic E-state index is 7.02. The average Bonchev–Trinajstić information content (AvgIpc) is 2.04. The molecular weight excluding hydrogens is 124 g/mol. The zero-order valence-electron chi connectivity index (χ0n) is 5.96. The Balaban J connectivity index is 3.08. The monoisotopic (exact) mass is 134 g/mol. The van der Waals surface area contributed by atoms with Gasteiger partial charge in [-0.3, -0.25) is 4.98 Å². The number of rotatable bonds is 2. The van der Waals surface area contributed by atoms with Crippen molar-refractivity contribution in [1.82, 2.24) is 4.98 Å². The van der Waals surface area contributed by atoms with Gasteiger partial charge in [0, 0.05) is 24.2 Å². The van der Waals surface area contributed by atoms with E-state index in [1.54, 1.807) is 12.4 Å². The highest BCUT2D eigenvalue weighted by atomic mass is 14.6. The molecule has 0 saturated carbocycles. The lowest BCUT2D eigenvalue weighted by atomic mass is 10.1. The fraction of sp³-hybridized carbons (Fsp3) is 0.250. The van der Waals surface area contributed by atoms with Gasteiger partial charge in [0.15, 0.2) is 0 Å². The number of aryl methyl sites for hydroxylation is 1. The van der Waals surface area contributed by atoms with Gasteiger partial charge < -0.3 is 5.41 Å². The van der Waals surface area contributed by atoms with Crippen molar-refractivity contribution in [3.8, 4) is 0 Å². The topological polar surface area (TPSA) is 36.7 Å². The Labute approximate surface area is 60.4 Å². The molecule has 0 amide bonds. The molecule has 2 heteroatoms. The van der Waals surface area contributed by atoms with Gasteiger partial charge in [0.25, 0.3) is 0 Å². The summed E-state index contributed by atoms with van der Waals surface area (Å²) in [5.41, 5.74) is 2.11. The lowest BCUT2D eigenvalue weighted by Crippen LogP contribution is -1.90. The summed E-state index contributed by atoms with van der Waals surface area (Å²) in [6.07, 6.45) is 5.77. The molecule has 0 aliphatic rings. The molecule has 0 aliphatic heterocycles. The maximum atomic E-state index is 7.02. The summed E-state index contributed by atoms with van der Waals surface area (Å²) in [5.74, 6) is 0. The lowest BCUT2D eigenvalue weighted by molar-refractivity contribution is 1.11. The van der Waals surface area contributed by atoms with Crippen molar-refractivity contribution in [3.05, 3.63) is 29.6 Å². The zero-order chi connectivity index (χ0) is 7.40. The van der Waals surface area contributed by atoms with Crippen LogP contribution in [0.1, 0.15) is 18.1 Å². The summed E-state index contributed by atoms with van der Waals surface area (Å²) >= 11 is 0. The molecular formula is C8H10N2. The second-order valence-corrected chi connectivity index (χ2v) is 2.07. The molecule has 0 atom stereocenters. The first-order chi connectivity index (χ1) is 4.88. The number of aromatic nitrogens is 1. The van der Waals surface area contributed by atoms with E-state index in [0.29, 0.717) is 0 Å². The summed E-state index contributed by atoms with van der Waals surface area (Å²) in [5, 5.41) is 7.02. The zero-order valence-corrected chi connectivity index (χ0v) is 5.96. The van der Waals surface area contributed by atoms with Gasteiger partial charge in [-0.15, -0.1) is 0 Å². The van der Waals surface area contributed by atoms with Crippen molar-refractivity contribution in [3.63, 3.8) is 0 Å². The maximum Gasteiger partial charge on any atom is 0.0358 e. The van der Waals surface area contributed by atoms with E-state index in [9.17, 15) is 0 Å². The number of hydrogen-bond donors (Lipinski definition) is 1. The van der Waals surface area contributed by atoms with Crippen molar-refractivity contribution in [2.24, 2.45) is 0 Å².